The Labute approximate surface area is 115 Å². The molecular weight excluding hydrogens is 260 g/mol. The molecule has 1 heterocycles. The van der Waals surface area contributed by atoms with Crippen LogP contribution in [0.5, 0.6) is 5.88 Å². The maximum absolute atomic E-state index is 11.9. The second-order valence-electron chi connectivity index (χ2n) is 4.12. The van der Waals surface area contributed by atoms with Crippen molar-refractivity contribution in [2.24, 2.45) is 0 Å². The highest BCUT2D eigenvalue weighted by molar-refractivity contribution is 7.71. The maximum Gasteiger partial charge on any atom is 0.259 e. The number of hydrogen-bond donors (Lipinski definition) is 2. The minimum atomic E-state index is -0.355. The van der Waals surface area contributed by atoms with Gasteiger partial charge in [0, 0.05) is 13.0 Å². The van der Waals surface area contributed by atoms with Gasteiger partial charge in [-0.15, -0.1) is 6.58 Å². The topological polar surface area (TPSA) is 58.0 Å². The molecule has 0 saturated heterocycles. The van der Waals surface area contributed by atoms with E-state index in [9.17, 15) is 9.90 Å². The van der Waals surface area contributed by atoms with Crippen molar-refractivity contribution in [3.8, 4) is 5.88 Å². The molecule has 2 rings (SSSR count). The largest absolute Gasteiger partial charge is 0.494 e. The van der Waals surface area contributed by atoms with Gasteiger partial charge < -0.3 is 5.11 Å². The van der Waals surface area contributed by atoms with Crippen LogP contribution in [0.4, 0.5) is 0 Å². The first-order valence-electron chi connectivity index (χ1n) is 5.83. The molecule has 2 aromatic rings. The smallest absolute Gasteiger partial charge is 0.259 e. The Kier molecular flexibility index (Phi) is 3.97. The third-order valence-electron chi connectivity index (χ3n) is 2.80. The standard InChI is InChI=1S/C14H14N2O2S/c1-2-8-16-13(18)11(12(17)15-14(16)19)9-10-6-4-3-5-7-10/h2-7,18H,1,8-9H2,(H,15,17,19). The number of benzene rings is 1. The lowest BCUT2D eigenvalue weighted by Crippen LogP contribution is -2.19. The van der Waals surface area contributed by atoms with Crippen LogP contribution >= 0.6 is 12.2 Å². The van der Waals surface area contributed by atoms with E-state index in [-0.39, 0.29) is 16.2 Å². The van der Waals surface area contributed by atoms with E-state index < -0.39 is 0 Å². The van der Waals surface area contributed by atoms with Crippen molar-refractivity contribution in [2.45, 2.75) is 13.0 Å². The van der Waals surface area contributed by atoms with E-state index in [0.29, 0.717) is 18.5 Å². The van der Waals surface area contributed by atoms with Crippen LogP contribution in [0.3, 0.4) is 0 Å². The summed E-state index contributed by atoms with van der Waals surface area (Å²) in [6, 6.07) is 9.48. The number of rotatable bonds is 4. The quantitative estimate of drug-likeness (QED) is 0.665. The second-order valence-corrected chi connectivity index (χ2v) is 4.51. The fourth-order valence-electron chi connectivity index (χ4n) is 1.86. The van der Waals surface area contributed by atoms with Crippen molar-refractivity contribution in [1.82, 2.24) is 9.55 Å². The molecule has 19 heavy (non-hydrogen) atoms. The predicted octanol–water partition coefficient (Wildman–Crippen LogP) is 2.39. The molecule has 0 spiro atoms. The number of nitrogens with one attached hydrogen (secondary N) is 1. The highest BCUT2D eigenvalue weighted by Crippen LogP contribution is 2.17. The molecule has 0 amide bonds. The van der Waals surface area contributed by atoms with Gasteiger partial charge in [-0.05, 0) is 17.8 Å². The maximum atomic E-state index is 11.9. The summed E-state index contributed by atoms with van der Waals surface area (Å²) in [5.74, 6) is -0.0995. The third kappa shape index (κ3) is 2.82. The summed E-state index contributed by atoms with van der Waals surface area (Å²) in [6.07, 6.45) is 1.97. The van der Waals surface area contributed by atoms with Gasteiger partial charge in [-0.25, -0.2) is 0 Å². The molecule has 0 unspecified atom stereocenters. The minimum Gasteiger partial charge on any atom is -0.494 e. The van der Waals surface area contributed by atoms with Crippen molar-refractivity contribution in [3.05, 3.63) is 69.2 Å². The molecule has 0 saturated carbocycles. The number of hydrogen-bond acceptors (Lipinski definition) is 3. The van der Waals surface area contributed by atoms with E-state index >= 15 is 0 Å². The Morgan fingerprint density at radius 3 is 2.68 bits per heavy atom. The summed E-state index contributed by atoms with van der Waals surface area (Å²) in [5, 5.41) is 10.2. The minimum absolute atomic E-state index is 0.0995. The number of aromatic hydroxyl groups is 1. The first kappa shape index (κ1) is 13.3. The molecule has 4 nitrogen and oxygen atoms in total. The van der Waals surface area contributed by atoms with Gasteiger partial charge in [0.15, 0.2) is 4.77 Å². The Morgan fingerprint density at radius 1 is 1.37 bits per heavy atom. The zero-order valence-electron chi connectivity index (χ0n) is 10.3. The molecule has 0 atom stereocenters. The van der Waals surface area contributed by atoms with Crippen LogP contribution in [0.2, 0.25) is 0 Å². The van der Waals surface area contributed by atoms with Crippen molar-refractivity contribution >= 4 is 12.2 Å². The average Bonchev–Trinajstić information content (AvgIpc) is 2.41. The van der Waals surface area contributed by atoms with Gasteiger partial charge in [0.05, 0.1) is 5.56 Å². The van der Waals surface area contributed by atoms with Crippen molar-refractivity contribution < 1.29 is 5.11 Å². The van der Waals surface area contributed by atoms with Gasteiger partial charge in [-0.2, -0.15) is 0 Å². The molecular formula is C14H14N2O2S. The Morgan fingerprint density at radius 2 is 2.05 bits per heavy atom. The lowest BCUT2D eigenvalue weighted by Gasteiger charge is -2.11. The first-order valence-corrected chi connectivity index (χ1v) is 6.24. The van der Waals surface area contributed by atoms with Gasteiger partial charge in [0.1, 0.15) is 0 Å². The van der Waals surface area contributed by atoms with Gasteiger partial charge in [0.25, 0.3) is 5.56 Å². The Balaban J connectivity index is 2.51. The lowest BCUT2D eigenvalue weighted by atomic mass is 10.1. The van der Waals surface area contributed by atoms with Gasteiger partial charge in [-0.3, -0.25) is 14.3 Å². The van der Waals surface area contributed by atoms with E-state index in [1.54, 1.807) is 6.08 Å². The molecule has 2 N–H and O–H groups in total. The number of nitrogens with zero attached hydrogens (tertiary/aromatic N) is 1. The third-order valence-corrected chi connectivity index (χ3v) is 3.12. The van der Waals surface area contributed by atoms with E-state index in [2.05, 4.69) is 11.6 Å². The molecule has 0 aliphatic heterocycles. The highest BCUT2D eigenvalue weighted by atomic mass is 32.1. The summed E-state index contributed by atoms with van der Waals surface area (Å²) in [5.41, 5.74) is 0.902. The molecule has 0 aliphatic rings. The fraction of sp³-hybridized carbons (Fsp3) is 0.143. The predicted molar refractivity (Wildman–Crippen MR) is 77.0 cm³/mol. The van der Waals surface area contributed by atoms with E-state index in [1.807, 2.05) is 30.3 Å². The molecule has 0 fully saturated rings. The van der Waals surface area contributed by atoms with Crippen LogP contribution in [0.1, 0.15) is 11.1 Å². The summed E-state index contributed by atoms with van der Waals surface area (Å²) in [4.78, 5) is 14.5. The van der Waals surface area contributed by atoms with Crippen LogP contribution in [0, 0.1) is 4.77 Å². The number of allylic oxidation sites excluding steroid dienone is 1. The van der Waals surface area contributed by atoms with Crippen LogP contribution in [-0.4, -0.2) is 14.7 Å². The molecule has 0 aliphatic carbocycles. The number of aromatic nitrogens is 2. The van der Waals surface area contributed by atoms with Crippen molar-refractivity contribution in [1.29, 1.82) is 0 Å². The van der Waals surface area contributed by atoms with Crippen LogP contribution in [0.25, 0.3) is 0 Å². The molecule has 5 heteroatoms. The summed E-state index contributed by atoms with van der Waals surface area (Å²) >= 11 is 5.02. The van der Waals surface area contributed by atoms with Crippen LogP contribution in [-0.2, 0) is 13.0 Å². The number of aromatic amines is 1. The summed E-state index contributed by atoms with van der Waals surface area (Å²) in [7, 11) is 0. The molecule has 1 aromatic carbocycles. The summed E-state index contributed by atoms with van der Waals surface area (Å²) < 4.78 is 1.64. The Hall–Kier alpha value is -2.14. The zero-order valence-corrected chi connectivity index (χ0v) is 11.1. The van der Waals surface area contributed by atoms with Crippen LogP contribution in [0.15, 0.2) is 47.8 Å². The normalized spacial score (nSPS) is 10.3. The molecule has 1 aromatic heterocycles. The number of H-pyrrole nitrogens is 1. The highest BCUT2D eigenvalue weighted by Gasteiger charge is 2.12. The monoisotopic (exact) mass is 274 g/mol. The Bertz CT molecular complexity index is 702. The van der Waals surface area contributed by atoms with E-state index in [1.165, 1.54) is 4.57 Å². The van der Waals surface area contributed by atoms with Gasteiger partial charge >= 0.3 is 0 Å². The van der Waals surface area contributed by atoms with Gasteiger partial charge in [0.2, 0.25) is 5.88 Å². The van der Waals surface area contributed by atoms with Crippen molar-refractivity contribution in [2.75, 3.05) is 0 Å². The van der Waals surface area contributed by atoms with Crippen molar-refractivity contribution in [3.63, 3.8) is 0 Å². The molecule has 0 bridgehead atoms. The second kappa shape index (κ2) is 5.67. The summed E-state index contributed by atoms with van der Waals surface area (Å²) in [6.45, 7) is 3.95. The van der Waals surface area contributed by atoms with E-state index in [0.717, 1.165) is 5.56 Å². The van der Waals surface area contributed by atoms with E-state index in [4.69, 9.17) is 12.2 Å². The zero-order chi connectivity index (χ0) is 13.8. The van der Waals surface area contributed by atoms with Crippen LogP contribution < -0.4 is 5.56 Å². The van der Waals surface area contributed by atoms with Gasteiger partial charge in [-0.1, -0.05) is 36.4 Å². The molecule has 0 radical (unpaired) electrons. The first-order chi connectivity index (χ1) is 9.13. The fourth-order valence-corrected chi connectivity index (χ4v) is 2.11. The lowest BCUT2D eigenvalue weighted by molar-refractivity contribution is 0.407. The molecule has 98 valence electrons. The average molecular weight is 274 g/mol. The SMILES string of the molecule is C=CCn1c(O)c(Cc2ccccc2)c(=O)[nH]c1=S.